The van der Waals surface area contributed by atoms with Gasteiger partial charge in [0.15, 0.2) is 0 Å². The quantitative estimate of drug-likeness (QED) is 0.595. The molecular formula is C24H30N2O3S. The maximum Gasteiger partial charge on any atom is 0.254 e. The molecule has 6 heteroatoms. The summed E-state index contributed by atoms with van der Waals surface area (Å²) in [6.07, 6.45) is 2.17. The Morgan fingerprint density at radius 1 is 1.07 bits per heavy atom. The van der Waals surface area contributed by atoms with E-state index in [2.05, 4.69) is 6.07 Å². The fraction of sp³-hybridized carbons (Fsp3) is 0.417. The number of ether oxygens (including phenoxy) is 1. The largest absolute Gasteiger partial charge is 0.492 e. The minimum absolute atomic E-state index is 0.0595. The molecule has 0 unspecified atom stereocenters. The molecule has 160 valence electrons. The molecule has 2 amide bonds. The van der Waals surface area contributed by atoms with Gasteiger partial charge in [-0.15, -0.1) is 11.8 Å². The van der Waals surface area contributed by atoms with Crippen molar-refractivity contribution in [2.24, 2.45) is 0 Å². The van der Waals surface area contributed by atoms with Crippen LogP contribution in [-0.2, 0) is 4.79 Å². The Morgan fingerprint density at radius 2 is 1.73 bits per heavy atom. The van der Waals surface area contributed by atoms with Crippen LogP contribution in [0, 0.1) is 13.8 Å². The molecule has 1 heterocycles. The van der Waals surface area contributed by atoms with Gasteiger partial charge in [0.1, 0.15) is 12.4 Å². The topological polar surface area (TPSA) is 49.9 Å². The van der Waals surface area contributed by atoms with Crippen LogP contribution in [0.15, 0.2) is 47.4 Å². The summed E-state index contributed by atoms with van der Waals surface area (Å²) in [7, 11) is 1.78. The maximum absolute atomic E-state index is 13.0. The van der Waals surface area contributed by atoms with E-state index in [4.69, 9.17) is 4.74 Å². The number of rotatable bonds is 8. The fourth-order valence-corrected chi connectivity index (χ4v) is 4.54. The van der Waals surface area contributed by atoms with Crippen molar-refractivity contribution in [3.63, 3.8) is 0 Å². The highest BCUT2D eigenvalue weighted by Crippen LogP contribution is 2.25. The van der Waals surface area contributed by atoms with Crippen molar-refractivity contribution in [3.05, 3.63) is 59.2 Å². The van der Waals surface area contributed by atoms with Crippen molar-refractivity contribution in [1.82, 2.24) is 9.80 Å². The lowest BCUT2D eigenvalue weighted by Crippen LogP contribution is -2.31. The zero-order valence-electron chi connectivity index (χ0n) is 18.0. The minimum atomic E-state index is -0.0595. The first kappa shape index (κ1) is 22.2. The summed E-state index contributed by atoms with van der Waals surface area (Å²) in [4.78, 5) is 29.8. The molecule has 1 aliphatic heterocycles. The van der Waals surface area contributed by atoms with E-state index in [1.807, 2.05) is 55.1 Å². The van der Waals surface area contributed by atoms with Gasteiger partial charge in [-0.05, 0) is 62.1 Å². The van der Waals surface area contributed by atoms with Crippen molar-refractivity contribution in [2.45, 2.75) is 31.6 Å². The Bertz CT molecular complexity index is 874. The number of likely N-dealkylation sites (tertiary alicyclic amines) is 1. The van der Waals surface area contributed by atoms with Gasteiger partial charge in [0.2, 0.25) is 5.91 Å². The SMILES string of the molecule is Cc1cc(C)cc(OCCN(C)C(=O)c2ccccc2SCC(=O)N2CCCC2)c1. The predicted molar refractivity (Wildman–Crippen MR) is 121 cm³/mol. The molecule has 30 heavy (non-hydrogen) atoms. The summed E-state index contributed by atoms with van der Waals surface area (Å²) in [5.74, 6) is 1.28. The molecule has 0 bridgehead atoms. The molecule has 1 aliphatic rings. The molecule has 0 spiro atoms. The lowest BCUT2D eigenvalue weighted by atomic mass is 10.1. The van der Waals surface area contributed by atoms with E-state index >= 15 is 0 Å². The van der Waals surface area contributed by atoms with Crippen LogP contribution in [0.5, 0.6) is 5.75 Å². The Balaban J connectivity index is 1.55. The van der Waals surface area contributed by atoms with Crippen LogP contribution in [0.25, 0.3) is 0 Å². The molecule has 3 rings (SSSR count). The average molecular weight is 427 g/mol. The molecule has 1 saturated heterocycles. The second-order valence-corrected chi connectivity index (χ2v) is 8.79. The third kappa shape index (κ3) is 6.02. The molecule has 0 aliphatic carbocycles. The van der Waals surface area contributed by atoms with E-state index in [1.165, 1.54) is 11.8 Å². The molecule has 2 aromatic carbocycles. The summed E-state index contributed by atoms with van der Waals surface area (Å²) in [5.41, 5.74) is 2.94. The lowest BCUT2D eigenvalue weighted by Gasteiger charge is -2.20. The predicted octanol–water partition coefficient (Wildman–Crippen LogP) is 4.17. The Morgan fingerprint density at radius 3 is 2.43 bits per heavy atom. The number of nitrogens with zero attached hydrogens (tertiary/aromatic N) is 2. The molecule has 1 fully saturated rings. The second-order valence-electron chi connectivity index (χ2n) is 7.77. The Kier molecular flexibility index (Phi) is 7.80. The van der Waals surface area contributed by atoms with Gasteiger partial charge in [-0.2, -0.15) is 0 Å². The van der Waals surface area contributed by atoms with Gasteiger partial charge in [-0.1, -0.05) is 18.2 Å². The van der Waals surface area contributed by atoms with E-state index in [0.717, 1.165) is 47.7 Å². The number of hydrogen-bond acceptors (Lipinski definition) is 4. The van der Waals surface area contributed by atoms with Crippen molar-refractivity contribution < 1.29 is 14.3 Å². The smallest absolute Gasteiger partial charge is 0.254 e. The number of carbonyl (C=O) groups excluding carboxylic acids is 2. The molecule has 2 aromatic rings. The van der Waals surface area contributed by atoms with E-state index < -0.39 is 0 Å². The van der Waals surface area contributed by atoms with E-state index in [0.29, 0.717) is 24.5 Å². The minimum Gasteiger partial charge on any atom is -0.492 e. The summed E-state index contributed by atoms with van der Waals surface area (Å²) in [5, 5.41) is 0. The zero-order valence-corrected chi connectivity index (χ0v) is 18.8. The van der Waals surface area contributed by atoms with Crippen LogP contribution >= 0.6 is 11.8 Å². The number of thioether (sulfide) groups is 1. The highest BCUT2D eigenvalue weighted by atomic mass is 32.2. The first-order chi connectivity index (χ1) is 14.4. The summed E-state index contributed by atoms with van der Waals surface area (Å²) in [6.45, 7) is 6.69. The molecule has 0 aromatic heterocycles. The van der Waals surface area contributed by atoms with Crippen molar-refractivity contribution in [3.8, 4) is 5.75 Å². The van der Waals surface area contributed by atoms with Gasteiger partial charge < -0.3 is 14.5 Å². The fourth-order valence-electron chi connectivity index (χ4n) is 3.59. The standard InChI is InChI=1S/C24H30N2O3S/c1-18-14-19(2)16-20(15-18)29-13-12-25(3)24(28)21-8-4-5-9-22(21)30-17-23(27)26-10-6-7-11-26/h4-5,8-9,14-16H,6-7,10-13,17H2,1-3H3. The van der Waals surface area contributed by atoms with Gasteiger partial charge in [0.25, 0.3) is 5.91 Å². The zero-order chi connectivity index (χ0) is 21.5. The molecular weight excluding hydrogens is 396 g/mol. The normalized spacial score (nSPS) is 13.4. The van der Waals surface area contributed by atoms with Crippen LogP contribution in [0.3, 0.4) is 0 Å². The first-order valence-corrected chi connectivity index (χ1v) is 11.4. The van der Waals surface area contributed by atoms with Gasteiger partial charge in [-0.25, -0.2) is 0 Å². The monoisotopic (exact) mass is 426 g/mol. The average Bonchev–Trinajstić information content (AvgIpc) is 3.26. The van der Waals surface area contributed by atoms with Crippen molar-refractivity contribution in [2.75, 3.05) is 39.0 Å². The van der Waals surface area contributed by atoms with Crippen LogP contribution in [0.4, 0.5) is 0 Å². The number of benzene rings is 2. The van der Waals surface area contributed by atoms with Gasteiger partial charge >= 0.3 is 0 Å². The molecule has 0 saturated carbocycles. The van der Waals surface area contributed by atoms with E-state index in [-0.39, 0.29) is 11.8 Å². The highest BCUT2D eigenvalue weighted by molar-refractivity contribution is 8.00. The number of hydrogen-bond donors (Lipinski definition) is 0. The number of likely N-dealkylation sites (N-methyl/N-ethyl adjacent to an activating group) is 1. The molecule has 0 atom stereocenters. The lowest BCUT2D eigenvalue weighted by molar-refractivity contribution is -0.127. The van der Waals surface area contributed by atoms with E-state index in [1.54, 1.807) is 11.9 Å². The Labute approximate surface area is 183 Å². The van der Waals surface area contributed by atoms with Gasteiger partial charge in [-0.3, -0.25) is 9.59 Å². The second kappa shape index (κ2) is 10.5. The van der Waals surface area contributed by atoms with Crippen LogP contribution < -0.4 is 4.74 Å². The van der Waals surface area contributed by atoms with Crippen LogP contribution in [0.2, 0.25) is 0 Å². The molecule has 5 nitrogen and oxygen atoms in total. The summed E-state index contributed by atoms with van der Waals surface area (Å²) in [6, 6.07) is 13.6. The van der Waals surface area contributed by atoms with Gasteiger partial charge in [0.05, 0.1) is 17.9 Å². The third-order valence-electron chi connectivity index (χ3n) is 5.16. The van der Waals surface area contributed by atoms with Crippen molar-refractivity contribution >= 4 is 23.6 Å². The molecule has 0 radical (unpaired) electrons. The number of carbonyl (C=O) groups is 2. The van der Waals surface area contributed by atoms with Crippen LogP contribution in [-0.4, -0.2) is 60.7 Å². The number of amides is 2. The van der Waals surface area contributed by atoms with E-state index in [9.17, 15) is 9.59 Å². The summed E-state index contributed by atoms with van der Waals surface area (Å²) < 4.78 is 5.84. The van der Waals surface area contributed by atoms with Gasteiger partial charge in [0, 0.05) is 25.0 Å². The third-order valence-corrected chi connectivity index (χ3v) is 6.22. The molecule has 0 N–H and O–H groups in total. The maximum atomic E-state index is 13.0. The number of aryl methyl sites for hydroxylation is 2. The van der Waals surface area contributed by atoms with Crippen molar-refractivity contribution in [1.29, 1.82) is 0 Å². The summed E-state index contributed by atoms with van der Waals surface area (Å²) >= 11 is 1.44. The highest BCUT2D eigenvalue weighted by Gasteiger charge is 2.20. The first-order valence-electron chi connectivity index (χ1n) is 10.4. The van der Waals surface area contributed by atoms with Crippen LogP contribution in [0.1, 0.15) is 34.3 Å². The Hall–Kier alpha value is -2.47.